The molecule has 3 rings (SSSR count). The van der Waals surface area contributed by atoms with Crippen molar-refractivity contribution in [3.63, 3.8) is 0 Å². The fourth-order valence-corrected chi connectivity index (χ4v) is 6.26. The quantitative estimate of drug-likeness (QED) is 0.256. The number of sulfonamides is 1. The van der Waals surface area contributed by atoms with E-state index >= 15 is 0 Å². The van der Waals surface area contributed by atoms with Crippen LogP contribution in [0.5, 0.6) is 23.0 Å². The maximum Gasteiger partial charge on any atom is 0.265 e. The number of nitrogens with zero attached hydrogens (tertiary/aromatic N) is 2. The Hall–Kier alpha value is -4.16. The van der Waals surface area contributed by atoms with Gasteiger partial charge in [0.15, 0.2) is 11.5 Å². The van der Waals surface area contributed by atoms with Crippen LogP contribution in [0.2, 0.25) is 5.02 Å². The minimum absolute atomic E-state index is 0.0341. The normalized spacial score (nSPS) is 11.7. The highest BCUT2D eigenvalue weighted by atomic mass is 35.5. The summed E-state index contributed by atoms with van der Waals surface area (Å²) in [5.74, 6) is 0.00545. The average molecular weight is 648 g/mol. The molecular weight excluding hydrogens is 610 g/mol. The van der Waals surface area contributed by atoms with E-state index in [0.29, 0.717) is 28.6 Å². The lowest BCUT2D eigenvalue weighted by Gasteiger charge is -2.33. The second-order valence-corrected chi connectivity index (χ2v) is 11.8. The van der Waals surface area contributed by atoms with Gasteiger partial charge in [0.1, 0.15) is 24.1 Å². The number of methoxy groups -OCH3 is 4. The van der Waals surface area contributed by atoms with E-state index in [4.69, 9.17) is 30.5 Å². The van der Waals surface area contributed by atoms with Crippen LogP contribution < -0.4 is 28.6 Å². The highest BCUT2D eigenvalue weighted by Gasteiger charge is 2.35. The van der Waals surface area contributed by atoms with Gasteiger partial charge in [0.2, 0.25) is 11.8 Å². The molecule has 238 valence electrons. The third-order valence-corrected chi connectivity index (χ3v) is 9.04. The van der Waals surface area contributed by atoms with Gasteiger partial charge in [-0.15, -0.1) is 0 Å². The molecular formula is C31H38ClN3O8S. The van der Waals surface area contributed by atoms with Gasteiger partial charge in [-0.3, -0.25) is 13.9 Å². The summed E-state index contributed by atoms with van der Waals surface area (Å²) in [6.45, 7) is 3.19. The van der Waals surface area contributed by atoms with Crippen LogP contribution in [0.1, 0.15) is 25.8 Å². The number of carbonyl (C=O) groups is 2. The lowest BCUT2D eigenvalue weighted by molar-refractivity contribution is -0.140. The van der Waals surface area contributed by atoms with E-state index < -0.39 is 28.5 Å². The van der Waals surface area contributed by atoms with Crippen molar-refractivity contribution in [2.24, 2.45) is 0 Å². The number of amides is 2. The summed E-state index contributed by atoms with van der Waals surface area (Å²) in [5, 5.41) is 3.17. The first-order valence-electron chi connectivity index (χ1n) is 13.8. The summed E-state index contributed by atoms with van der Waals surface area (Å²) in [6.07, 6.45) is 0.271. The summed E-state index contributed by atoms with van der Waals surface area (Å²) in [6, 6.07) is 14.8. The van der Waals surface area contributed by atoms with E-state index in [9.17, 15) is 18.0 Å². The molecule has 0 aliphatic rings. The molecule has 0 bridgehead atoms. The largest absolute Gasteiger partial charge is 0.497 e. The zero-order valence-electron chi connectivity index (χ0n) is 25.6. The van der Waals surface area contributed by atoms with Crippen LogP contribution in [0.15, 0.2) is 65.6 Å². The average Bonchev–Trinajstić information content (AvgIpc) is 3.03. The molecule has 0 aliphatic carbocycles. The van der Waals surface area contributed by atoms with Crippen molar-refractivity contribution in [1.29, 1.82) is 0 Å². The van der Waals surface area contributed by atoms with E-state index in [-0.39, 0.29) is 41.0 Å². The predicted octanol–water partition coefficient (Wildman–Crippen LogP) is 4.51. The molecule has 0 saturated carbocycles. The van der Waals surface area contributed by atoms with Crippen molar-refractivity contribution in [3.8, 4) is 23.0 Å². The number of hydrogen-bond donors (Lipinski definition) is 1. The molecule has 0 fully saturated rings. The van der Waals surface area contributed by atoms with Crippen LogP contribution in [0.25, 0.3) is 0 Å². The van der Waals surface area contributed by atoms with Crippen molar-refractivity contribution >= 4 is 39.1 Å². The monoisotopic (exact) mass is 647 g/mol. The zero-order chi connectivity index (χ0) is 32.4. The van der Waals surface area contributed by atoms with Crippen LogP contribution in [0, 0.1) is 0 Å². The van der Waals surface area contributed by atoms with Crippen molar-refractivity contribution in [1.82, 2.24) is 10.2 Å². The first-order chi connectivity index (χ1) is 21.1. The van der Waals surface area contributed by atoms with E-state index in [2.05, 4.69) is 5.32 Å². The van der Waals surface area contributed by atoms with Gasteiger partial charge in [-0.25, -0.2) is 8.42 Å². The molecule has 0 heterocycles. The second-order valence-electron chi connectivity index (χ2n) is 9.50. The lowest BCUT2D eigenvalue weighted by atomic mass is 10.1. The molecule has 0 aliphatic heterocycles. The maximum absolute atomic E-state index is 14.4. The molecule has 1 N–H and O–H groups in total. The number of benzene rings is 3. The zero-order valence-corrected chi connectivity index (χ0v) is 27.2. The Kier molecular flexibility index (Phi) is 12.1. The highest BCUT2D eigenvalue weighted by Crippen LogP contribution is 2.38. The van der Waals surface area contributed by atoms with E-state index in [1.807, 2.05) is 0 Å². The topological polar surface area (TPSA) is 124 Å². The molecule has 0 aromatic heterocycles. The van der Waals surface area contributed by atoms with Gasteiger partial charge in [-0.2, -0.15) is 0 Å². The van der Waals surface area contributed by atoms with E-state index in [0.717, 1.165) is 4.31 Å². The highest BCUT2D eigenvalue weighted by molar-refractivity contribution is 7.92. The molecule has 13 heteroatoms. The van der Waals surface area contributed by atoms with Crippen LogP contribution in [0.4, 0.5) is 5.69 Å². The number of likely N-dealkylation sites (N-methyl/N-ethyl adjacent to an activating group) is 1. The molecule has 3 aromatic carbocycles. The maximum atomic E-state index is 14.4. The van der Waals surface area contributed by atoms with Crippen LogP contribution in [-0.2, 0) is 26.2 Å². The minimum atomic E-state index is -4.45. The van der Waals surface area contributed by atoms with Crippen molar-refractivity contribution < 1.29 is 37.0 Å². The molecule has 44 heavy (non-hydrogen) atoms. The number of halogens is 1. The fourth-order valence-electron chi connectivity index (χ4n) is 4.63. The van der Waals surface area contributed by atoms with E-state index in [1.165, 1.54) is 57.6 Å². The molecule has 3 aromatic rings. The molecule has 0 saturated heterocycles. The molecule has 0 radical (unpaired) electrons. The minimum Gasteiger partial charge on any atom is -0.497 e. The Morgan fingerprint density at radius 1 is 0.864 bits per heavy atom. The summed E-state index contributed by atoms with van der Waals surface area (Å²) >= 11 is 6.44. The standard InChI is InChI=1S/C31H38ClN3O8S/c1-7-25(31(37)33-8-2)34(19-21-11-9-10-12-24(21)32)30(36)20-35(26-17-22(40-3)13-15-27(26)41-4)44(38,39)23-14-16-28(42-5)29(18-23)43-6/h9-18,25H,7-8,19-20H2,1-6H3,(H,33,37). The number of ether oxygens (including phenoxy) is 4. The van der Waals surface area contributed by atoms with Crippen molar-refractivity contribution in [2.75, 3.05) is 45.8 Å². The van der Waals surface area contributed by atoms with Gasteiger partial charge in [0.25, 0.3) is 10.0 Å². The number of rotatable bonds is 15. The Labute approximate surface area is 263 Å². The third-order valence-electron chi connectivity index (χ3n) is 6.91. The van der Waals surface area contributed by atoms with Gasteiger partial charge in [0, 0.05) is 30.2 Å². The number of nitrogens with one attached hydrogen (secondary N) is 1. The first kappa shape index (κ1) is 34.3. The Morgan fingerprint density at radius 2 is 1.52 bits per heavy atom. The molecule has 0 spiro atoms. The Morgan fingerprint density at radius 3 is 2.11 bits per heavy atom. The van der Waals surface area contributed by atoms with Crippen LogP contribution in [-0.4, -0.2) is 72.7 Å². The van der Waals surface area contributed by atoms with E-state index in [1.54, 1.807) is 50.2 Å². The molecule has 2 amide bonds. The second kappa shape index (κ2) is 15.5. The summed E-state index contributed by atoms with van der Waals surface area (Å²) in [5.41, 5.74) is 0.650. The summed E-state index contributed by atoms with van der Waals surface area (Å²) < 4.78 is 51.2. The van der Waals surface area contributed by atoms with Crippen LogP contribution >= 0.6 is 11.6 Å². The predicted molar refractivity (Wildman–Crippen MR) is 168 cm³/mol. The SMILES string of the molecule is CCNC(=O)C(CC)N(Cc1ccccc1Cl)C(=O)CN(c1cc(OC)ccc1OC)S(=O)(=O)c1ccc(OC)c(OC)c1. The summed E-state index contributed by atoms with van der Waals surface area (Å²) in [7, 11) is 1.20. The van der Waals surface area contributed by atoms with Gasteiger partial charge < -0.3 is 29.2 Å². The Balaban J connectivity index is 2.21. The molecule has 11 nitrogen and oxygen atoms in total. The van der Waals surface area contributed by atoms with Gasteiger partial charge >= 0.3 is 0 Å². The van der Waals surface area contributed by atoms with Gasteiger partial charge in [-0.1, -0.05) is 36.7 Å². The van der Waals surface area contributed by atoms with Gasteiger partial charge in [-0.05, 0) is 49.2 Å². The third kappa shape index (κ3) is 7.67. The molecule has 1 unspecified atom stereocenters. The number of anilines is 1. The molecule has 1 atom stereocenters. The van der Waals surface area contributed by atoms with Crippen molar-refractivity contribution in [3.05, 3.63) is 71.2 Å². The van der Waals surface area contributed by atoms with Crippen LogP contribution in [0.3, 0.4) is 0 Å². The first-order valence-corrected chi connectivity index (χ1v) is 15.6. The smallest absolute Gasteiger partial charge is 0.265 e. The Bertz CT molecular complexity index is 1570. The fraction of sp³-hybridized carbons (Fsp3) is 0.355. The number of carbonyl (C=O) groups excluding carboxylic acids is 2. The number of hydrogen-bond acceptors (Lipinski definition) is 8. The summed E-state index contributed by atoms with van der Waals surface area (Å²) in [4.78, 5) is 28.6. The van der Waals surface area contributed by atoms with Gasteiger partial charge in [0.05, 0.1) is 39.0 Å². The lowest BCUT2D eigenvalue weighted by Crippen LogP contribution is -2.52. The van der Waals surface area contributed by atoms with Crippen molar-refractivity contribution in [2.45, 2.75) is 37.8 Å².